The highest BCUT2D eigenvalue weighted by Gasteiger charge is 2.23. The van der Waals surface area contributed by atoms with Crippen molar-refractivity contribution in [3.8, 4) is 0 Å². The van der Waals surface area contributed by atoms with E-state index in [9.17, 15) is 4.79 Å². The molecule has 0 radical (unpaired) electrons. The molecule has 0 saturated carbocycles. The normalized spacial score (nSPS) is 21.9. The average molecular weight is 268 g/mol. The van der Waals surface area contributed by atoms with Gasteiger partial charge in [-0.25, -0.2) is 0 Å². The number of hydrogen-bond acceptors (Lipinski definition) is 2. The number of likely N-dealkylation sites (tertiary alicyclic amines) is 1. The third-order valence-corrected chi connectivity index (χ3v) is 4.05. The second kappa shape index (κ2) is 7.28. The molecule has 1 amide bonds. The Morgan fingerprint density at radius 3 is 2.58 bits per heavy atom. The molecular formula is C16H32N2O. The van der Waals surface area contributed by atoms with Gasteiger partial charge in [0, 0.05) is 25.0 Å². The lowest BCUT2D eigenvalue weighted by molar-refractivity contribution is -0.130. The van der Waals surface area contributed by atoms with Crippen molar-refractivity contribution in [1.82, 2.24) is 10.2 Å². The molecular weight excluding hydrogens is 236 g/mol. The molecule has 3 heteroatoms. The van der Waals surface area contributed by atoms with E-state index in [0.717, 1.165) is 44.8 Å². The second-order valence-corrected chi connectivity index (χ2v) is 7.24. The number of amides is 1. The van der Waals surface area contributed by atoms with E-state index in [-0.39, 0.29) is 5.54 Å². The van der Waals surface area contributed by atoms with Crippen LogP contribution in [0.5, 0.6) is 0 Å². The van der Waals surface area contributed by atoms with Gasteiger partial charge in [0.2, 0.25) is 5.91 Å². The van der Waals surface area contributed by atoms with Crippen LogP contribution < -0.4 is 5.32 Å². The first-order chi connectivity index (χ1) is 8.79. The Labute approximate surface area is 119 Å². The van der Waals surface area contributed by atoms with Crippen molar-refractivity contribution in [2.24, 2.45) is 11.8 Å². The van der Waals surface area contributed by atoms with Gasteiger partial charge in [0.05, 0.1) is 0 Å². The SMILES string of the molecule is CC(C)C1CCC(=O)N(CCCNC(C)(C)C)CC1. The van der Waals surface area contributed by atoms with Gasteiger partial charge in [0.25, 0.3) is 0 Å². The van der Waals surface area contributed by atoms with Crippen molar-refractivity contribution >= 4 is 5.91 Å². The first kappa shape index (κ1) is 16.5. The van der Waals surface area contributed by atoms with Crippen molar-refractivity contribution < 1.29 is 4.79 Å². The molecule has 0 aliphatic carbocycles. The zero-order valence-electron chi connectivity index (χ0n) is 13.5. The fourth-order valence-electron chi connectivity index (χ4n) is 2.69. The molecule has 1 N–H and O–H groups in total. The lowest BCUT2D eigenvalue weighted by atomic mass is 9.89. The highest BCUT2D eigenvalue weighted by Crippen LogP contribution is 2.25. The molecule has 1 fully saturated rings. The molecule has 1 aliphatic rings. The number of nitrogens with one attached hydrogen (secondary N) is 1. The van der Waals surface area contributed by atoms with E-state index in [2.05, 4.69) is 44.8 Å². The van der Waals surface area contributed by atoms with Gasteiger partial charge in [0.15, 0.2) is 0 Å². The maximum absolute atomic E-state index is 12.1. The quantitative estimate of drug-likeness (QED) is 0.777. The van der Waals surface area contributed by atoms with Crippen LogP contribution in [0.15, 0.2) is 0 Å². The largest absolute Gasteiger partial charge is 0.343 e. The minimum Gasteiger partial charge on any atom is -0.343 e. The molecule has 1 rings (SSSR count). The standard InChI is InChI=1S/C16H32N2O/c1-13(2)14-7-8-15(19)18(12-9-14)11-6-10-17-16(3,4)5/h13-14,17H,6-12H2,1-5H3. The predicted octanol–water partition coefficient (Wildman–Crippen LogP) is 3.05. The summed E-state index contributed by atoms with van der Waals surface area (Å²) in [6, 6.07) is 0. The van der Waals surface area contributed by atoms with Gasteiger partial charge in [-0.15, -0.1) is 0 Å². The van der Waals surface area contributed by atoms with Crippen molar-refractivity contribution in [3.05, 3.63) is 0 Å². The molecule has 1 saturated heterocycles. The number of nitrogens with zero attached hydrogens (tertiary/aromatic N) is 1. The number of carbonyl (C=O) groups excluding carboxylic acids is 1. The van der Waals surface area contributed by atoms with Crippen molar-refractivity contribution in [1.29, 1.82) is 0 Å². The van der Waals surface area contributed by atoms with Gasteiger partial charge in [-0.3, -0.25) is 4.79 Å². The minimum absolute atomic E-state index is 0.172. The number of rotatable bonds is 5. The Morgan fingerprint density at radius 2 is 2.00 bits per heavy atom. The third-order valence-electron chi connectivity index (χ3n) is 4.05. The molecule has 1 atom stereocenters. The molecule has 3 nitrogen and oxygen atoms in total. The van der Waals surface area contributed by atoms with E-state index in [1.165, 1.54) is 6.42 Å². The van der Waals surface area contributed by atoms with E-state index in [1.54, 1.807) is 0 Å². The molecule has 112 valence electrons. The van der Waals surface area contributed by atoms with Gasteiger partial charge in [-0.1, -0.05) is 13.8 Å². The van der Waals surface area contributed by atoms with Gasteiger partial charge in [0.1, 0.15) is 0 Å². The number of hydrogen-bond donors (Lipinski definition) is 1. The van der Waals surface area contributed by atoms with Crippen LogP contribution in [0.2, 0.25) is 0 Å². The van der Waals surface area contributed by atoms with Gasteiger partial charge >= 0.3 is 0 Å². The molecule has 1 unspecified atom stereocenters. The Hall–Kier alpha value is -0.570. The third kappa shape index (κ3) is 6.42. The smallest absolute Gasteiger partial charge is 0.222 e. The average Bonchev–Trinajstić information content (AvgIpc) is 2.46. The van der Waals surface area contributed by atoms with Crippen molar-refractivity contribution in [3.63, 3.8) is 0 Å². The highest BCUT2D eigenvalue weighted by molar-refractivity contribution is 5.76. The summed E-state index contributed by atoms with van der Waals surface area (Å²) in [6.45, 7) is 13.9. The lowest BCUT2D eigenvalue weighted by Crippen LogP contribution is -2.38. The fraction of sp³-hybridized carbons (Fsp3) is 0.938. The van der Waals surface area contributed by atoms with Crippen LogP contribution in [0, 0.1) is 11.8 Å². The summed E-state index contributed by atoms with van der Waals surface area (Å²) >= 11 is 0. The van der Waals surface area contributed by atoms with Crippen LogP contribution in [-0.2, 0) is 4.79 Å². The van der Waals surface area contributed by atoms with Crippen molar-refractivity contribution in [2.45, 2.75) is 65.8 Å². The molecule has 1 aliphatic heterocycles. The molecule has 0 aromatic rings. The summed E-state index contributed by atoms with van der Waals surface area (Å²) < 4.78 is 0. The van der Waals surface area contributed by atoms with Gasteiger partial charge in [-0.05, 0) is 58.4 Å². The first-order valence-corrected chi connectivity index (χ1v) is 7.82. The fourth-order valence-corrected chi connectivity index (χ4v) is 2.69. The Balaban J connectivity index is 2.31. The van der Waals surface area contributed by atoms with E-state index in [4.69, 9.17) is 0 Å². The molecule has 19 heavy (non-hydrogen) atoms. The van der Waals surface area contributed by atoms with Crippen LogP contribution in [0.4, 0.5) is 0 Å². The van der Waals surface area contributed by atoms with E-state index in [1.807, 2.05) is 0 Å². The summed E-state index contributed by atoms with van der Waals surface area (Å²) in [5.74, 6) is 1.79. The zero-order valence-corrected chi connectivity index (χ0v) is 13.5. The Kier molecular flexibility index (Phi) is 6.31. The zero-order chi connectivity index (χ0) is 14.5. The summed E-state index contributed by atoms with van der Waals surface area (Å²) in [5.41, 5.74) is 0.172. The summed E-state index contributed by atoms with van der Waals surface area (Å²) in [4.78, 5) is 14.2. The van der Waals surface area contributed by atoms with Crippen LogP contribution in [-0.4, -0.2) is 36.0 Å². The van der Waals surface area contributed by atoms with E-state index >= 15 is 0 Å². The highest BCUT2D eigenvalue weighted by atomic mass is 16.2. The van der Waals surface area contributed by atoms with Gasteiger partial charge < -0.3 is 10.2 Å². The van der Waals surface area contributed by atoms with E-state index in [0.29, 0.717) is 11.8 Å². The molecule has 1 heterocycles. The molecule has 0 aromatic carbocycles. The lowest BCUT2D eigenvalue weighted by Gasteiger charge is -2.24. The maximum Gasteiger partial charge on any atom is 0.222 e. The molecule has 0 aromatic heterocycles. The molecule has 0 spiro atoms. The minimum atomic E-state index is 0.172. The molecule has 0 bridgehead atoms. The van der Waals surface area contributed by atoms with Crippen LogP contribution in [0.3, 0.4) is 0 Å². The number of carbonyl (C=O) groups is 1. The summed E-state index contributed by atoms with van der Waals surface area (Å²) in [6.07, 6.45) is 4.05. The summed E-state index contributed by atoms with van der Waals surface area (Å²) in [7, 11) is 0. The Morgan fingerprint density at radius 1 is 1.32 bits per heavy atom. The topological polar surface area (TPSA) is 32.3 Å². The first-order valence-electron chi connectivity index (χ1n) is 7.82. The van der Waals surface area contributed by atoms with Gasteiger partial charge in [-0.2, -0.15) is 0 Å². The van der Waals surface area contributed by atoms with Crippen LogP contribution >= 0.6 is 0 Å². The van der Waals surface area contributed by atoms with Crippen LogP contribution in [0.1, 0.15) is 60.3 Å². The maximum atomic E-state index is 12.1. The monoisotopic (exact) mass is 268 g/mol. The summed E-state index contributed by atoms with van der Waals surface area (Å²) in [5, 5.41) is 3.48. The van der Waals surface area contributed by atoms with Crippen LogP contribution in [0.25, 0.3) is 0 Å². The second-order valence-electron chi connectivity index (χ2n) is 7.24. The van der Waals surface area contributed by atoms with Crippen molar-refractivity contribution in [2.75, 3.05) is 19.6 Å². The van der Waals surface area contributed by atoms with E-state index < -0.39 is 0 Å². The predicted molar refractivity (Wildman–Crippen MR) is 81.1 cm³/mol. The Bertz CT molecular complexity index is 281.